The Morgan fingerprint density at radius 1 is 0.931 bits per heavy atom. The Bertz CT molecular complexity index is 927. The third-order valence-electron chi connectivity index (χ3n) is 5.06. The van der Waals surface area contributed by atoms with Crippen molar-refractivity contribution in [3.63, 3.8) is 0 Å². The van der Waals surface area contributed by atoms with E-state index in [1.165, 1.54) is 11.1 Å². The summed E-state index contributed by atoms with van der Waals surface area (Å²) < 4.78 is 0. The molecule has 1 N–H and O–H groups in total. The Balaban J connectivity index is 1.57. The van der Waals surface area contributed by atoms with E-state index in [1.54, 1.807) is 0 Å². The topological polar surface area (TPSA) is 45.2 Å². The number of carbonyl (C=O) groups is 1. The monoisotopic (exact) mass is 387 g/mol. The van der Waals surface area contributed by atoms with Gasteiger partial charge >= 0.3 is 0 Å². The third kappa shape index (κ3) is 5.67. The second-order valence-electron chi connectivity index (χ2n) is 8.36. The molecule has 0 unspecified atom stereocenters. The minimum Gasteiger partial charge on any atom is -0.374 e. The van der Waals surface area contributed by atoms with Crippen molar-refractivity contribution >= 4 is 17.3 Å². The maximum absolute atomic E-state index is 12.5. The highest BCUT2D eigenvalue weighted by atomic mass is 16.1. The predicted molar refractivity (Wildman–Crippen MR) is 121 cm³/mol. The van der Waals surface area contributed by atoms with Crippen molar-refractivity contribution in [1.29, 1.82) is 0 Å². The van der Waals surface area contributed by atoms with Crippen molar-refractivity contribution in [3.8, 4) is 0 Å². The lowest BCUT2D eigenvalue weighted by Crippen LogP contribution is -2.20. The highest BCUT2D eigenvalue weighted by Crippen LogP contribution is 2.23. The molecule has 0 saturated heterocycles. The minimum atomic E-state index is -0.0933. The standard InChI is InChI=1S/C25H29N3O/c1-25(2,3)21-7-5-20(6-8-21)24(29)27-22-9-11-23(12-10-22)28(4)18-15-19-13-16-26-17-14-19/h5-14,16-17H,15,18H2,1-4H3,(H,27,29). The number of hydrogen-bond acceptors (Lipinski definition) is 3. The summed E-state index contributed by atoms with van der Waals surface area (Å²) in [6.45, 7) is 7.41. The molecule has 3 rings (SSSR count). The smallest absolute Gasteiger partial charge is 0.255 e. The zero-order valence-electron chi connectivity index (χ0n) is 17.6. The summed E-state index contributed by atoms with van der Waals surface area (Å²) in [5.74, 6) is -0.0933. The first-order valence-corrected chi connectivity index (χ1v) is 9.95. The molecule has 0 aliphatic rings. The number of nitrogens with zero attached hydrogens (tertiary/aromatic N) is 2. The van der Waals surface area contributed by atoms with Gasteiger partial charge in [-0.25, -0.2) is 0 Å². The first-order chi connectivity index (χ1) is 13.8. The molecule has 2 aromatic carbocycles. The van der Waals surface area contributed by atoms with Gasteiger partial charge in [0.1, 0.15) is 0 Å². The van der Waals surface area contributed by atoms with Crippen LogP contribution < -0.4 is 10.2 Å². The van der Waals surface area contributed by atoms with Gasteiger partial charge in [0.15, 0.2) is 0 Å². The van der Waals surface area contributed by atoms with E-state index in [-0.39, 0.29) is 11.3 Å². The summed E-state index contributed by atoms with van der Waals surface area (Å²) in [6.07, 6.45) is 4.61. The van der Waals surface area contributed by atoms with E-state index in [9.17, 15) is 4.79 Å². The van der Waals surface area contributed by atoms with Crippen molar-refractivity contribution < 1.29 is 4.79 Å². The maximum atomic E-state index is 12.5. The summed E-state index contributed by atoms with van der Waals surface area (Å²) in [6, 6.07) is 19.9. The highest BCUT2D eigenvalue weighted by Gasteiger charge is 2.14. The first kappa shape index (κ1) is 20.6. The molecular formula is C25H29N3O. The number of nitrogens with one attached hydrogen (secondary N) is 1. The fraction of sp³-hybridized carbons (Fsp3) is 0.280. The molecule has 0 bridgehead atoms. The molecule has 0 aliphatic heterocycles. The van der Waals surface area contributed by atoms with Gasteiger partial charge in [-0.1, -0.05) is 32.9 Å². The van der Waals surface area contributed by atoms with Gasteiger partial charge in [0.05, 0.1) is 0 Å². The van der Waals surface area contributed by atoms with Crippen LogP contribution in [-0.4, -0.2) is 24.5 Å². The minimum absolute atomic E-state index is 0.0776. The zero-order chi connectivity index (χ0) is 20.9. The Labute approximate surface area is 173 Å². The molecule has 4 nitrogen and oxygen atoms in total. The first-order valence-electron chi connectivity index (χ1n) is 9.95. The van der Waals surface area contributed by atoms with Crippen LogP contribution in [0, 0.1) is 0 Å². The number of carbonyl (C=O) groups excluding carboxylic acids is 1. The molecule has 150 valence electrons. The van der Waals surface area contributed by atoms with Crippen LogP contribution in [0.1, 0.15) is 42.3 Å². The lowest BCUT2D eigenvalue weighted by atomic mass is 9.87. The van der Waals surface area contributed by atoms with Crippen LogP contribution in [0.4, 0.5) is 11.4 Å². The third-order valence-corrected chi connectivity index (χ3v) is 5.06. The van der Waals surface area contributed by atoms with Crippen molar-refractivity contribution in [2.24, 2.45) is 0 Å². The molecule has 0 atom stereocenters. The normalized spacial score (nSPS) is 11.2. The maximum Gasteiger partial charge on any atom is 0.255 e. The molecule has 0 aliphatic carbocycles. The second kappa shape index (κ2) is 8.91. The molecular weight excluding hydrogens is 358 g/mol. The molecule has 0 radical (unpaired) electrons. The summed E-state index contributed by atoms with van der Waals surface area (Å²) in [5.41, 5.74) is 5.14. The number of amides is 1. The molecule has 0 saturated carbocycles. The summed E-state index contributed by atoms with van der Waals surface area (Å²) in [5, 5.41) is 2.98. The van der Waals surface area contributed by atoms with E-state index < -0.39 is 0 Å². The average molecular weight is 388 g/mol. The van der Waals surface area contributed by atoms with Gasteiger partial charge in [-0.05, 0) is 71.5 Å². The lowest BCUT2D eigenvalue weighted by molar-refractivity contribution is 0.102. The van der Waals surface area contributed by atoms with E-state index in [0.717, 1.165) is 24.3 Å². The SMILES string of the molecule is CN(CCc1ccncc1)c1ccc(NC(=O)c2ccc(C(C)(C)C)cc2)cc1. The number of pyridine rings is 1. The summed E-state index contributed by atoms with van der Waals surface area (Å²) >= 11 is 0. The predicted octanol–water partition coefficient (Wildman–Crippen LogP) is 5.31. The van der Waals surface area contributed by atoms with Crippen molar-refractivity contribution in [3.05, 3.63) is 89.7 Å². The van der Waals surface area contributed by atoms with E-state index >= 15 is 0 Å². The van der Waals surface area contributed by atoms with Crippen molar-refractivity contribution in [1.82, 2.24) is 4.98 Å². The van der Waals surface area contributed by atoms with Gasteiger partial charge in [-0.2, -0.15) is 0 Å². The van der Waals surface area contributed by atoms with Crippen LogP contribution in [0.3, 0.4) is 0 Å². The van der Waals surface area contributed by atoms with Crippen molar-refractivity contribution in [2.45, 2.75) is 32.6 Å². The number of benzene rings is 2. The van der Waals surface area contributed by atoms with E-state index in [1.807, 2.05) is 73.1 Å². The summed E-state index contributed by atoms with van der Waals surface area (Å²) in [4.78, 5) is 18.8. The van der Waals surface area contributed by atoms with Crippen LogP contribution in [-0.2, 0) is 11.8 Å². The van der Waals surface area contributed by atoms with Gasteiger partial charge in [-0.15, -0.1) is 0 Å². The van der Waals surface area contributed by atoms with E-state index in [4.69, 9.17) is 0 Å². The van der Waals surface area contributed by atoms with E-state index in [0.29, 0.717) is 5.56 Å². The van der Waals surface area contributed by atoms with Crippen LogP contribution in [0.15, 0.2) is 73.1 Å². The number of hydrogen-bond donors (Lipinski definition) is 1. The van der Waals surface area contributed by atoms with E-state index in [2.05, 4.69) is 43.0 Å². The molecule has 1 heterocycles. The highest BCUT2D eigenvalue weighted by molar-refractivity contribution is 6.04. The van der Waals surface area contributed by atoms with Crippen molar-refractivity contribution in [2.75, 3.05) is 23.8 Å². The van der Waals surface area contributed by atoms with Gasteiger partial charge in [-0.3, -0.25) is 9.78 Å². The molecule has 1 amide bonds. The molecule has 1 aromatic heterocycles. The quantitative estimate of drug-likeness (QED) is 0.623. The van der Waals surface area contributed by atoms with Crippen LogP contribution in [0.2, 0.25) is 0 Å². The largest absolute Gasteiger partial charge is 0.374 e. The zero-order valence-corrected chi connectivity index (χ0v) is 17.6. The number of anilines is 2. The Hall–Kier alpha value is -3.14. The molecule has 3 aromatic rings. The Morgan fingerprint density at radius 3 is 2.14 bits per heavy atom. The second-order valence-corrected chi connectivity index (χ2v) is 8.36. The van der Waals surface area contributed by atoms with Crippen LogP contribution in [0.5, 0.6) is 0 Å². The molecule has 0 spiro atoms. The Morgan fingerprint density at radius 2 is 1.55 bits per heavy atom. The number of rotatable bonds is 6. The van der Waals surface area contributed by atoms with Gasteiger partial charge < -0.3 is 10.2 Å². The molecule has 4 heteroatoms. The van der Waals surface area contributed by atoms with Crippen LogP contribution >= 0.6 is 0 Å². The fourth-order valence-corrected chi connectivity index (χ4v) is 3.10. The lowest BCUT2D eigenvalue weighted by Gasteiger charge is -2.20. The van der Waals surface area contributed by atoms with Gasteiger partial charge in [0.25, 0.3) is 5.91 Å². The summed E-state index contributed by atoms with van der Waals surface area (Å²) in [7, 11) is 2.07. The molecule has 29 heavy (non-hydrogen) atoms. The average Bonchev–Trinajstić information content (AvgIpc) is 2.73. The number of aromatic nitrogens is 1. The van der Waals surface area contributed by atoms with Gasteiger partial charge in [0.2, 0.25) is 0 Å². The number of likely N-dealkylation sites (N-methyl/N-ethyl adjacent to an activating group) is 1. The van der Waals surface area contributed by atoms with Gasteiger partial charge in [0, 0.05) is 42.9 Å². The Kier molecular flexibility index (Phi) is 6.32. The van der Waals surface area contributed by atoms with Crippen LogP contribution in [0.25, 0.3) is 0 Å². The molecule has 0 fully saturated rings. The fourth-order valence-electron chi connectivity index (χ4n) is 3.10.